The first-order valence-corrected chi connectivity index (χ1v) is 7.97. The monoisotopic (exact) mass is 314 g/mol. The second-order valence-electron chi connectivity index (χ2n) is 4.73. The van der Waals surface area contributed by atoms with Crippen LogP contribution in [0.5, 0.6) is 0 Å². The predicted molar refractivity (Wildman–Crippen MR) is 76.3 cm³/mol. The lowest BCUT2D eigenvalue weighted by Gasteiger charge is -2.33. The van der Waals surface area contributed by atoms with E-state index in [9.17, 15) is 18.3 Å². The largest absolute Gasteiger partial charge is 0.395 e. The number of nitrogens with one attached hydrogen (secondary N) is 1. The number of aliphatic hydroxyl groups is 1. The Balaban J connectivity index is 2.24. The van der Waals surface area contributed by atoms with Crippen LogP contribution in [0.2, 0.25) is 0 Å². The van der Waals surface area contributed by atoms with Crippen molar-refractivity contribution in [3.05, 3.63) is 24.3 Å². The zero-order valence-electron chi connectivity index (χ0n) is 11.7. The molecule has 1 aliphatic rings. The van der Waals surface area contributed by atoms with E-state index in [1.807, 2.05) is 0 Å². The van der Waals surface area contributed by atoms with Crippen molar-refractivity contribution in [2.75, 3.05) is 31.7 Å². The molecule has 1 saturated heterocycles. The Hall–Kier alpha value is -1.48. The molecule has 7 nitrogen and oxygen atoms in total. The van der Waals surface area contributed by atoms with Gasteiger partial charge in [0, 0.05) is 19.2 Å². The topological polar surface area (TPSA) is 95.9 Å². The summed E-state index contributed by atoms with van der Waals surface area (Å²) in [5, 5.41) is 11.9. The molecule has 1 amide bonds. The van der Waals surface area contributed by atoms with Gasteiger partial charge in [0.15, 0.2) is 0 Å². The number of benzene rings is 1. The minimum Gasteiger partial charge on any atom is -0.395 e. The van der Waals surface area contributed by atoms with Gasteiger partial charge in [0.1, 0.15) is 0 Å². The smallest absolute Gasteiger partial charge is 0.243 e. The molecular weight excluding hydrogens is 296 g/mol. The number of nitrogens with zero attached hydrogens (tertiary/aromatic N) is 1. The third-order valence-corrected chi connectivity index (χ3v) is 5.13. The zero-order chi connectivity index (χ0) is 15.5. The molecule has 0 aliphatic carbocycles. The number of ether oxygens (including phenoxy) is 1. The minimum absolute atomic E-state index is 0.122. The zero-order valence-corrected chi connectivity index (χ0v) is 12.5. The average molecular weight is 314 g/mol. The first kappa shape index (κ1) is 15.9. The summed E-state index contributed by atoms with van der Waals surface area (Å²) >= 11 is 0. The van der Waals surface area contributed by atoms with Crippen molar-refractivity contribution >= 4 is 21.6 Å². The van der Waals surface area contributed by atoms with E-state index in [-0.39, 0.29) is 30.6 Å². The Labute approximate surface area is 123 Å². The fraction of sp³-hybridized carbons (Fsp3) is 0.462. The maximum absolute atomic E-state index is 12.6. The molecule has 0 radical (unpaired) electrons. The van der Waals surface area contributed by atoms with Crippen LogP contribution in [0.25, 0.3) is 0 Å². The number of carbonyl (C=O) groups excluding carboxylic acids is 1. The number of rotatable bonds is 4. The normalized spacial score (nSPS) is 20.2. The van der Waals surface area contributed by atoms with Gasteiger partial charge in [-0.05, 0) is 24.3 Å². The Morgan fingerprint density at radius 1 is 1.43 bits per heavy atom. The van der Waals surface area contributed by atoms with Gasteiger partial charge >= 0.3 is 0 Å². The average Bonchev–Trinajstić information content (AvgIpc) is 2.47. The Morgan fingerprint density at radius 2 is 2.10 bits per heavy atom. The van der Waals surface area contributed by atoms with Crippen LogP contribution in [0, 0.1) is 0 Å². The number of anilines is 1. The molecule has 1 heterocycles. The first-order chi connectivity index (χ1) is 9.95. The van der Waals surface area contributed by atoms with Gasteiger partial charge in [-0.1, -0.05) is 0 Å². The van der Waals surface area contributed by atoms with Crippen LogP contribution >= 0.6 is 0 Å². The highest BCUT2D eigenvalue weighted by molar-refractivity contribution is 7.89. The summed E-state index contributed by atoms with van der Waals surface area (Å²) < 4.78 is 31.6. The van der Waals surface area contributed by atoms with Crippen molar-refractivity contribution in [1.82, 2.24) is 4.31 Å². The highest BCUT2D eigenvalue weighted by Crippen LogP contribution is 2.22. The van der Waals surface area contributed by atoms with E-state index in [1.165, 1.54) is 35.5 Å². The fourth-order valence-electron chi connectivity index (χ4n) is 2.15. The van der Waals surface area contributed by atoms with Crippen LogP contribution in [0.1, 0.15) is 6.92 Å². The van der Waals surface area contributed by atoms with Gasteiger partial charge in [0.2, 0.25) is 15.9 Å². The molecule has 21 heavy (non-hydrogen) atoms. The van der Waals surface area contributed by atoms with Crippen molar-refractivity contribution in [2.24, 2.45) is 0 Å². The maximum Gasteiger partial charge on any atom is 0.243 e. The summed E-state index contributed by atoms with van der Waals surface area (Å²) in [5.74, 6) is -0.223. The summed E-state index contributed by atoms with van der Waals surface area (Å²) in [6.45, 7) is 1.79. The van der Waals surface area contributed by atoms with Crippen molar-refractivity contribution in [2.45, 2.75) is 17.9 Å². The summed E-state index contributed by atoms with van der Waals surface area (Å²) in [7, 11) is -3.69. The van der Waals surface area contributed by atoms with Crippen LogP contribution in [-0.4, -0.2) is 56.1 Å². The molecule has 0 bridgehead atoms. The first-order valence-electron chi connectivity index (χ1n) is 6.53. The number of aliphatic hydroxyl groups excluding tert-OH is 1. The summed E-state index contributed by atoms with van der Waals surface area (Å²) in [5.41, 5.74) is 0.530. The molecule has 1 unspecified atom stereocenters. The predicted octanol–water partition coefficient (Wildman–Crippen LogP) is 0.0268. The van der Waals surface area contributed by atoms with E-state index in [4.69, 9.17) is 4.74 Å². The van der Waals surface area contributed by atoms with Crippen molar-refractivity contribution < 1.29 is 23.1 Å². The number of morpholine rings is 1. The van der Waals surface area contributed by atoms with Crippen molar-refractivity contribution in [3.8, 4) is 0 Å². The molecule has 1 aromatic rings. The fourth-order valence-corrected chi connectivity index (χ4v) is 3.73. The number of amides is 1. The number of carbonyl (C=O) groups is 1. The molecule has 1 aromatic carbocycles. The van der Waals surface area contributed by atoms with Crippen LogP contribution in [0.15, 0.2) is 29.2 Å². The third kappa shape index (κ3) is 3.59. The lowest BCUT2D eigenvalue weighted by Crippen LogP contribution is -2.50. The van der Waals surface area contributed by atoms with E-state index >= 15 is 0 Å². The van der Waals surface area contributed by atoms with Gasteiger partial charge in [0.25, 0.3) is 0 Å². The van der Waals surface area contributed by atoms with E-state index < -0.39 is 16.1 Å². The van der Waals surface area contributed by atoms with Crippen LogP contribution in [0.4, 0.5) is 5.69 Å². The molecule has 0 saturated carbocycles. The van der Waals surface area contributed by atoms with Crippen LogP contribution in [0.3, 0.4) is 0 Å². The number of sulfonamides is 1. The Bertz CT molecular complexity index is 599. The lowest BCUT2D eigenvalue weighted by atomic mass is 10.3. The molecule has 0 aromatic heterocycles. The van der Waals surface area contributed by atoms with E-state index in [0.717, 1.165) is 0 Å². The van der Waals surface area contributed by atoms with Gasteiger partial charge in [-0.15, -0.1) is 0 Å². The Kier molecular flexibility index (Phi) is 4.94. The minimum atomic E-state index is -3.69. The third-order valence-electron chi connectivity index (χ3n) is 3.17. The van der Waals surface area contributed by atoms with Crippen LogP contribution < -0.4 is 5.32 Å². The maximum atomic E-state index is 12.6. The van der Waals surface area contributed by atoms with Crippen molar-refractivity contribution in [1.29, 1.82) is 0 Å². The Morgan fingerprint density at radius 3 is 2.67 bits per heavy atom. The molecular formula is C13H18N2O5S. The molecule has 2 rings (SSSR count). The van der Waals surface area contributed by atoms with Gasteiger partial charge in [0.05, 0.1) is 30.8 Å². The molecule has 1 aliphatic heterocycles. The molecule has 8 heteroatoms. The van der Waals surface area contributed by atoms with E-state index in [1.54, 1.807) is 0 Å². The number of hydrogen-bond donors (Lipinski definition) is 2. The highest BCUT2D eigenvalue weighted by Gasteiger charge is 2.33. The second-order valence-corrected chi connectivity index (χ2v) is 6.62. The van der Waals surface area contributed by atoms with Gasteiger partial charge < -0.3 is 15.2 Å². The SMILES string of the molecule is CC(=O)Nc1ccc(S(=O)(=O)N2CCOCC2CO)cc1. The van der Waals surface area contributed by atoms with E-state index in [2.05, 4.69) is 5.32 Å². The second kappa shape index (κ2) is 6.52. The summed E-state index contributed by atoms with van der Waals surface area (Å²) in [6, 6.07) is 5.36. The molecule has 2 N–H and O–H groups in total. The molecule has 116 valence electrons. The standard InChI is InChI=1S/C13H18N2O5S/c1-10(17)14-11-2-4-13(5-3-11)21(18,19)15-6-7-20-9-12(15)8-16/h2-5,12,16H,6-9H2,1H3,(H,14,17). The lowest BCUT2D eigenvalue weighted by molar-refractivity contribution is -0.114. The molecule has 0 spiro atoms. The summed E-state index contributed by atoms with van der Waals surface area (Å²) in [4.78, 5) is 11.1. The van der Waals surface area contributed by atoms with Gasteiger partial charge in [-0.3, -0.25) is 4.79 Å². The highest BCUT2D eigenvalue weighted by atomic mass is 32.2. The summed E-state index contributed by atoms with van der Waals surface area (Å²) in [6.07, 6.45) is 0. The van der Waals surface area contributed by atoms with Gasteiger partial charge in [-0.2, -0.15) is 4.31 Å². The van der Waals surface area contributed by atoms with E-state index in [0.29, 0.717) is 12.3 Å². The van der Waals surface area contributed by atoms with Gasteiger partial charge in [-0.25, -0.2) is 8.42 Å². The quantitative estimate of drug-likeness (QED) is 0.817. The molecule has 1 fully saturated rings. The molecule has 1 atom stereocenters. The van der Waals surface area contributed by atoms with Crippen molar-refractivity contribution in [3.63, 3.8) is 0 Å². The van der Waals surface area contributed by atoms with Crippen LogP contribution in [-0.2, 0) is 19.6 Å². The number of hydrogen-bond acceptors (Lipinski definition) is 5.